The van der Waals surface area contributed by atoms with Gasteiger partial charge in [0, 0.05) is 10.9 Å². The maximum absolute atomic E-state index is 13.2. The predicted octanol–water partition coefficient (Wildman–Crippen LogP) is 3.80. The molecule has 0 saturated carbocycles. The van der Waals surface area contributed by atoms with Crippen LogP contribution in [-0.2, 0) is 4.74 Å². The van der Waals surface area contributed by atoms with Gasteiger partial charge in [0.25, 0.3) is 5.56 Å². The van der Waals surface area contributed by atoms with Gasteiger partial charge >= 0.3 is 5.97 Å². The van der Waals surface area contributed by atoms with Crippen LogP contribution in [0.4, 0.5) is 8.78 Å². The Kier molecular flexibility index (Phi) is 4.38. The molecule has 2 heterocycles. The molecule has 0 unspecified atom stereocenters. The summed E-state index contributed by atoms with van der Waals surface area (Å²) in [6.07, 6.45) is -0.890. The number of rotatable bonds is 3. The van der Waals surface area contributed by atoms with Gasteiger partial charge in [0.2, 0.25) is 0 Å². The van der Waals surface area contributed by atoms with Crippen molar-refractivity contribution in [1.82, 2.24) is 9.97 Å². The zero-order valence-corrected chi connectivity index (χ0v) is 14.5. The molecule has 3 aromatic rings. The molecule has 1 N–H and O–H groups in total. The van der Waals surface area contributed by atoms with E-state index in [1.54, 1.807) is 0 Å². The van der Waals surface area contributed by atoms with Crippen molar-refractivity contribution < 1.29 is 18.3 Å². The van der Waals surface area contributed by atoms with Crippen molar-refractivity contribution in [3.8, 4) is 0 Å². The summed E-state index contributed by atoms with van der Waals surface area (Å²) in [4.78, 5) is 32.8. The number of carbonyl (C=O) groups is 1. The molecule has 130 valence electrons. The van der Waals surface area contributed by atoms with E-state index in [0.29, 0.717) is 16.3 Å². The first kappa shape index (κ1) is 17.2. The van der Waals surface area contributed by atoms with Gasteiger partial charge in [-0.05, 0) is 38.5 Å². The SMILES string of the molecule is Cc1sc2nc([C@H](C)OC(=O)c3cc(F)cc(F)c3)[nH]c(=O)c2c1C. The number of halogens is 2. The van der Waals surface area contributed by atoms with Crippen LogP contribution in [0.25, 0.3) is 10.2 Å². The average Bonchev–Trinajstić information content (AvgIpc) is 2.81. The zero-order valence-electron chi connectivity index (χ0n) is 13.6. The Morgan fingerprint density at radius 1 is 1.24 bits per heavy atom. The monoisotopic (exact) mass is 364 g/mol. The molecule has 0 saturated heterocycles. The highest BCUT2D eigenvalue weighted by atomic mass is 32.1. The first-order valence-electron chi connectivity index (χ1n) is 7.43. The topological polar surface area (TPSA) is 72.0 Å². The Hall–Kier alpha value is -2.61. The molecular formula is C17H14F2N2O3S. The number of aryl methyl sites for hydroxylation is 2. The second-order valence-corrected chi connectivity index (χ2v) is 6.82. The molecular weight excluding hydrogens is 350 g/mol. The van der Waals surface area contributed by atoms with Crippen LogP contribution in [0.1, 0.15) is 39.7 Å². The van der Waals surface area contributed by atoms with Gasteiger partial charge in [-0.1, -0.05) is 0 Å². The van der Waals surface area contributed by atoms with Crippen molar-refractivity contribution in [2.24, 2.45) is 0 Å². The van der Waals surface area contributed by atoms with Gasteiger partial charge in [-0.15, -0.1) is 11.3 Å². The molecule has 8 heteroatoms. The van der Waals surface area contributed by atoms with Crippen LogP contribution >= 0.6 is 11.3 Å². The molecule has 0 aliphatic heterocycles. The highest BCUT2D eigenvalue weighted by molar-refractivity contribution is 7.18. The Morgan fingerprint density at radius 3 is 2.52 bits per heavy atom. The second-order valence-electron chi connectivity index (χ2n) is 5.62. The quantitative estimate of drug-likeness (QED) is 0.718. The normalized spacial score (nSPS) is 12.4. The number of fused-ring (bicyclic) bond motifs is 1. The molecule has 25 heavy (non-hydrogen) atoms. The molecule has 1 aromatic carbocycles. The lowest BCUT2D eigenvalue weighted by Gasteiger charge is -2.12. The van der Waals surface area contributed by atoms with Crippen LogP contribution in [0, 0.1) is 25.5 Å². The molecule has 0 bridgehead atoms. The molecule has 2 aromatic heterocycles. The summed E-state index contributed by atoms with van der Waals surface area (Å²) in [6, 6.07) is 2.42. The summed E-state index contributed by atoms with van der Waals surface area (Å²) in [5.41, 5.74) is 0.289. The van der Waals surface area contributed by atoms with E-state index in [9.17, 15) is 18.4 Å². The Balaban J connectivity index is 1.90. The Bertz CT molecular complexity index is 1020. The molecule has 0 fully saturated rings. The fourth-order valence-corrected chi connectivity index (χ4v) is 3.46. The van der Waals surface area contributed by atoms with Gasteiger partial charge in [0.1, 0.15) is 16.5 Å². The minimum atomic E-state index is -0.910. The fraction of sp³-hybridized carbons (Fsp3) is 0.235. The summed E-state index contributed by atoms with van der Waals surface area (Å²) in [5, 5.41) is 0.511. The third-order valence-corrected chi connectivity index (χ3v) is 4.93. The smallest absolute Gasteiger partial charge is 0.339 e. The summed E-state index contributed by atoms with van der Waals surface area (Å²) in [5.74, 6) is -2.50. The van der Waals surface area contributed by atoms with Crippen LogP contribution in [0.2, 0.25) is 0 Å². The van der Waals surface area contributed by atoms with Gasteiger partial charge in [-0.2, -0.15) is 0 Å². The second kappa shape index (κ2) is 6.36. The molecule has 1 atom stereocenters. The van der Waals surface area contributed by atoms with E-state index in [0.717, 1.165) is 22.6 Å². The number of nitrogens with one attached hydrogen (secondary N) is 1. The third kappa shape index (κ3) is 3.30. The van der Waals surface area contributed by atoms with Gasteiger partial charge in [-0.3, -0.25) is 4.79 Å². The number of benzene rings is 1. The van der Waals surface area contributed by atoms with Crippen molar-refractivity contribution in [2.45, 2.75) is 26.9 Å². The number of aromatic amines is 1. The van der Waals surface area contributed by atoms with E-state index in [2.05, 4.69) is 9.97 Å². The summed E-state index contributed by atoms with van der Waals surface area (Å²) in [6.45, 7) is 5.25. The van der Waals surface area contributed by atoms with Crippen molar-refractivity contribution in [1.29, 1.82) is 0 Å². The lowest BCUT2D eigenvalue weighted by Crippen LogP contribution is -2.17. The molecule has 3 rings (SSSR count). The number of esters is 1. The van der Waals surface area contributed by atoms with Crippen LogP contribution in [-0.4, -0.2) is 15.9 Å². The third-order valence-electron chi connectivity index (χ3n) is 3.82. The van der Waals surface area contributed by atoms with Crippen molar-refractivity contribution in [3.05, 3.63) is 62.0 Å². The largest absolute Gasteiger partial charge is 0.451 e. The number of H-pyrrole nitrogens is 1. The standard InChI is InChI=1S/C17H14F2N2O3S/c1-7-9(3)25-16-13(7)15(22)20-14(21-16)8(2)24-17(23)10-4-11(18)6-12(19)5-10/h4-6,8H,1-3H3,(H,20,21,22)/t8-/m0/s1. The zero-order chi connectivity index (χ0) is 18.3. The molecule has 0 aliphatic carbocycles. The van der Waals surface area contributed by atoms with Gasteiger partial charge in [0.05, 0.1) is 10.9 Å². The van der Waals surface area contributed by atoms with Gasteiger partial charge in [0.15, 0.2) is 11.9 Å². The molecule has 0 aliphatic rings. The molecule has 0 radical (unpaired) electrons. The summed E-state index contributed by atoms with van der Waals surface area (Å²) in [7, 11) is 0. The minimum absolute atomic E-state index is 0.170. The van der Waals surface area contributed by atoms with E-state index in [-0.39, 0.29) is 16.9 Å². The summed E-state index contributed by atoms with van der Waals surface area (Å²) >= 11 is 1.37. The molecule has 0 amide bonds. The molecule has 5 nitrogen and oxygen atoms in total. The minimum Gasteiger partial charge on any atom is -0.451 e. The first-order chi connectivity index (χ1) is 11.8. The number of hydrogen-bond acceptors (Lipinski definition) is 5. The fourth-order valence-electron chi connectivity index (χ4n) is 2.42. The summed E-state index contributed by atoms with van der Waals surface area (Å²) < 4.78 is 31.6. The number of thiophene rings is 1. The number of carbonyl (C=O) groups excluding carboxylic acids is 1. The lowest BCUT2D eigenvalue weighted by atomic mass is 10.2. The van der Waals surface area contributed by atoms with Crippen molar-refractivity contribution in [2.75, 3.05) is 0 Å². The maximum Gasteiger partial charge on any atom is 0.339 e. The van der Waals surface area contributed by atoms with Crippen molar-refractivity contribution >= 4 is 27.5 Å². The van der Waals surface area contributed by atoms with E-state index >= 15 is 0 Å². The predicted molar refractivity (Wildman–Crippen MR) is 89.9 cm³/mol. The van der Waals surface area contributed by atoms with E-state index in [4.69, 9.17) is 4.74 Å². The highest BCUT2D eigenvalue weighted by Crippen LogP contribution is 2.27. The van der Waals surface area contributed by atoms with E-state index in [1.807, 2.05) is 13.8 Å². The Morgan fingerprint density at radius 2 is 1.88 bits per heavy atom. The van der Waals surface area contributed by atoms with Crippen LogP contribution in [0.5, 0.6) is 0 Å². The van der Waals surface area contributed by atoms with Gasteiger partial charge < -0.3 is 9.72 Å². The lowest BCUT2D eigenvalue weighted by molar-refractivity contribution is 0.0319. The number of nitrogens with zero attached hydrogens (tertiary/aromatic N) is 1. The van der Waals surface area contributed by atoms with E-state index in [1.165, 1.54) is 18.3 Å². The van der Waals surface area contributed by atoms with Crippen molar-refractivity contribution in [3.63, 3.8) is 0 Å². The number of hydrogen-bond donors (Lipinski definition) is 1. The first-order valence-corrected chi connectivity index (χ1v) is 8.25. The van der Waals surface area contributed by atoms with Gasteiger partial charge in [-0.25, -0.2) is 18.6 Å². The van der Waals surface area contributed by atoms with Crippen LogP contribution in [0.15, 0.2) is 23.0 Å². The molecule has 0 spiro atoms. The number of ether oxygens (including phenoxy) is 1. The average molecular weight is 364 g/mol. The van der Waals surface area contributed by atoms with E-state index < -0.39 is 23.7 Å². The Labute approximate surface area is 145 Å². The van der Waals surface area contributed by atoms with Crippen LogP contribution < -0.4 is 5.56 Å². The number of aromatic nitrogens is 2. The maximum atomic E-state index is 13.2. The highest BCUT2D eigenvalue weighted by Gasteiger charge is 2.19. The van der Waals surface area contributed by atoms with Crippen LogP contribution in [0.3, 0.4) is 0 Å².